The van der Waals surface area contributed by atoms with Crippen LogP contribution in [-0.4, -0.2) is 26.2 Å². The molecule has 0 aliphatic carbocycles. The summed E-state index contributed by atoms with van der Waals surface area (Å²) in [6.07, 6.45) is 0. The summed E-state index contributed by atoms with van der Waals surface area (Å²) >= 11 is 0. The van der Waals surface area contributed by atoms with E-state index in [1.54, 1.807) is 0 Å². The van der Waals surface area contributed by atoms with Crippen LogP contribution in [0.4, 0.5) is 22.7 Å². The standard InChI is InChI=1S/C18H24N4/c1-13-11-15(3-5-17(13)19)21-7-9-22(10-8-21)16-4-6-18(20)14(2)12-16/h3-6,11-12H,7-10,19-20H2,1-2H3. The normalized spacial score (nSPS) is 15.2. The number of hydrogen-bond acceptors (Lipinski definition) is 4. The Bertz CT molecular complexity index is 613. The minimum atomic E-state index is 0.861. The molecule has 1 aliphatic rings. The maximum atomic E-state index is 5.91. The van der Waals surface area contributed by atoms with Gasteiger partial charge in [-0.2, -0.15) is 0 Å². The van der Waals surface area contributed by atoms with E-state index in [0.29, 0.717) is 0 Å². The third-order valence-corrected chi connectivity index (χ3v) is 4.52. The second-order valence-corrected chi connectivity index (χ2v) is 6.06. The third-order valence-electron chi connectivity index (χ3n) is 4.52. The van der Waals surface area contributed by atoms with E-state index in [0.717, 1.165) is 48.7 Å². The summed E-state index contributed by atoms with van der Waals surface area (Å²) in [5.41, 5.74) is 18.4. The van der Waals surface area contributed by atoms with E-state index >= 15 is 0 Å². The molecule has 1 heterocycles. The van der Waals surface area contributed by atoms with Crippen LogP contribution in [0.25, 0.3) is 0 Å². The Morgan fingerprint density at radius 2 is 1.05 bits per heavy atom. The van der Waals surface area contributed by atoms with Gasteiger partial charge < -0.3 is 21.3 Å². The van der Waals surface area contributed by atoms with Crippen molar-refractivity contribution in [3.05, 3.63) is 47.5 Å². The first-order chi connectivity index (χ1) is 10.5. The fourth-order valence-corrected chi connectivity index (χ4v) is 2.94. The predicted molar refractivity (Wildman–Crippen MR) is 95.6 cm³/mol. The highest BCUT2D eigenvalue weighted by atomic mass is 15.3. The lowest BCUT2D eigenvalue weighted by molar-refractivity contribution is 0.653. The van der Waals surface area contributed by atoms with Gasteiger partial charge in [-0.3, -0.25) is 0 Å². The maximum Gasteiger partial charge on any atom is 0.0371 e. The fourth-order valence-electron chi connectivity index (χ4n) is 2.94. The number of rotatable bonds is 2. The van der Waals surface area contributed by atoms with Crippen LogP contribution in [0.2, 0.25) is 0 Å². The summed E-state index contributed by atoms with van der Waals surface area (Å²) in [4.78, 5) is 4.85. The van der Waals surface area contributed by atoms with E-state index in [1.165, 1.54) is 11.4 Å². The molecule has 0 spiro atoms. The highest BCUT2D eigenvalue weighted by Crippen LogP contribution is 2.25. The molecule has 0 atom stereocenters. The Morgan fingerprint density at radius 3 is 1.36 bits per heavy atom. The summed E-state index contributed by atoms with van der Waals surface area (Å²) in [6.45, 7) is 8.21. The molecule has 3 rings (SSSR count). The van der Waals surface area contributed by atoms with Crippen LogP contribution >= 0.6 is 0 Å². The minimum Gasteiger partial charge on any atom is -0.399 e. The molecule has 116 valence electrons. The molecule has 2 aromatic carbocycles. The number of nitrogens with two attached hydrogens (primary N) is 2. The lowest BCUT2D eigenvalue weighted by Crippen LogP contribution is -2.46. The van der Waals surface area contributed by atoms with Crippen LogP contribution < -0.4 is 21.3 Å². The van der Waals surface area contributed by atoms with Crippen molar-refractivity contribution in [3.8, 4) is 0 Å². The van der Waals surface area contributed by atoms with E-state index < -0.39 is 0 Å². The van der Waals surface area contributed by atoms with Crippen LogP contribution in [0.3, 0.4) is 0 Å². The van der Waals surface area contributed by atoms with Gasteiger partial charge in [0.25, 0.3) is 0 Å². The van der Waals surface area contributed by atoms with Gasteiger partial charge in [-0.1, -0.05) is 0 Å². The zero-order valence-electron chi connectivity index (χ0n) is 13.3. The molecule has 0 bridgehead atoms. The number of benzene rings is 2. The molecule has 1 saturated heterocycles. The Labute approximate surface area is 132 Å². The van der Waals surface area contributed by atoms with Gasteiger partial charge in [-0.15, -0.1) is 0 Å². The molecule has 0 unspecified atom stereocenters. The molecule has 4 heteroatoms. The SMILES string of the molecule is Cc1cc(N2CCN(c3ccc(N)c(C)c3)CC2)ccc1N. The molecule has 4 N–H and O–H groups in total. The van der Waals surface area contributed by atoms with E-state index in [2.05, 4.69) is 47.9 Å². The fraction of sp³-hybridized carbons (Fsp3) is 0.333. The van der Waals surface area contributed by atoms with Gasteiger partial charge in [0.1, 0.15) is 0 Å². The second-order valence-electron chi connectivity index (χ2n) is 6.06. The number of hydrogen-bond donors (Lipinski definition) is 2. The molecule has 0 aromatic heterocycles. The zero-order chi connectivity index (χ0) is 15.7. The molecule has 1 aliphatic heterocycles. The first kappa shape index (κ1) is 14.6. The number of nitrogen functional groups attached to an aromatic ring is 2. The average molecular weight is 296 g/mol. The summed E-state index contributed by atoms with van der Waals surface area (Å²) in [6, 6.07) is 12.6. The monoisotopic (exact) mass is 296 g/mol. The van der Waals surface area contributed by atoms with Crippen molar-refractivity contribution in [1.82, 2.24) is 0 Å². The summed E-state index contributed by atoms with van der Waals surface area (Å²) in [7, 11) is 0. The van der Waals surface area contributed by atoms with Crippen LogP contribution in [0.1, 0.15) is 11.1 Å². The topological polar surface area (TPSA) is 58.5 Å². The predicted octanol–water partition coefficient (Wildman–Crippen LogP) is 2.79. The second kappa shape index (κ2) is 5.79. The number of piperazine rings is 1. The van der Waals surface area contributed by atoms with Gasteiger partial charge in [0.2, 0.25) is 0 Å². The van der Waals surface area contributed by atoms with Crippen LogP contribution in [0.15, 0.2) is 36.4 Å². The Kier molecular flexibility index (Phi) is 3.84. The zero-order valence-corrected chi connectivity index (χ0v) is 13.3. The van der Waals surface area contributed by atoms with Gasteiger partial charge in [0.15, 0.2) is 0 Å². The van der Waals surface area contributed by atoms with E-state index in [1.807, 2.05) is 12.1 Å². The first-order valence-corrected chi connectivity index (χ1v) is 7.77. The lowest BCUT2D eigenvalue weighted by Gasteiger charge is -2.37. The van der Waals surface area contributed by atoms with Crippen molar-refractivity contribution in [2.75, 3.05) is 47.4 Å². The quantitative estimate of drug-likeness (QED) is 0.837. The number of anilines is 4. The minimum absolute atomic E-state index is 0.861. The molecule has 0 radical (unpaired) electrons. The summed E-state index contributed by atoms with van der Waals surface area (Å²) in [5, 5.41) is 0. The van der Waals surface area contributed by atoms with Gasteiger partial charge in [0.05, 0.1) is 0 Å². The maximum absolute atomic E-state index is 5.91. The van der Waals surface area contributed by atoms with Crippen molar-refractivity contribution in [1.29, 1.82) is 0 Å². The van der Waals surface area contributed by atoms with Crippen LogP contribution in [0.5, 0.6) is 0 Å². The Morgan fingerprint density at radius 1 is 0.682 bits per heavy atom. The average Bonchev–Trinajstić information content (AvgIpc) is 2.53. The smallest absolute Gasteiger partial charge is 0.0371 e. The molecule has 1 fully saturated rings. The molecular weight excluding hydrogens is 272 g/mol. The highest BCUT2D eigenvalue weighted by molar-refractivity contribution is 5.61. The number of aryl methyl sites for hydroxylation is 2. The van der Waals surface area contributed by atoms with Crippen LogP contribution in [-0.2, 0) is 0 Å². The molecule has 22 heavy (non-hydrogen) atoms. The van der Waals surface area contributed by atoms with Crippen molar-refractivity contribution >= 4 is 22.7 Å². The first-order valence-electron chi connectivity index (χ1n) is 7.77. The largest absolute Gasteiger partial charge is 0.399 e. The van der Waals surface area contributed by atoms with Gasteiger partial charge >= 0.3 is 0 Å². The van der Waals surface area contributed by atoms with Gasteiger partial charge in [0, 0.05) is 48.9 Å². The van der Waals surface area contributed by atoms with Crippen LogP contribution in [0, 0.1) is 13.8 Å². The van der Waals surface area contributed by atoms with Gasteiger partial charge in [-0.25, -0.2) is 0 Å². The highest BCUT2D eigenvalue weighted by Gasteiger charge is 2.18. The number of nitrogens with zero attached hydrogens (tertiary/aromatic N) is 2. The van der Waals surface area contributed by atoms with Crippen molar-refractivity contribution in [2.24, 2.45) is 0 Å². The van der Waals surface area contributed by atoms with E-state index in [-0.39, 0.29) is 0 Å². The molecule has 4 nitrogen and oxygen atoms in total. The third kappa shape index (κ3) is 2.82. The summed E-state index contributed by atoms with van der Waals surface area (Å²) < 4.78 is 0. The Balaban J connectivity index is 1.69. The molecule has 0 amide bonds. The van der Waals surface area contributed by atoms with E-state index in [4.69, 9.17) is 11.5 Å². The van der Waals surface area contributed by atoms with Gasteiger partial charge in [-0.05, 0) is 61.4 Å². The molecule has 0 saturated carbocycles. The lowest BCUT2D eigenvalue weighted by atomic mass is 10.1. The Hall–Kier alpha value is -2.36. The van der Waals surface area contributed by atoms with E-state index in [9.17, 15) is 0 Å². The molecular formula is C18H24N4. The van der Waals surface area contributed by atoms with Crippen molar-refractivity contribution in [3.63, 3.8) is 0 Å². The molecule has 2 aromatic rings. The van der Waals surface area contributed by atoms with Crippen molar-refractivity contribution in [2.45, 2.75) is 13.8 Å². The summed E-state index contributed by atoms with van der Waals surface area (Å²) in [5.74, 6) is 0. The van der Waals surface area contributed by atoms with Crippen molar-refractivity contribution < 1.29 is 0 Å².